The van der Waals surface area contributed by atoms with Crippen LogP contribution in [0.15, 0.2) is 24.5 Å². The van der Waals surface area contributed by atoms with E-state index in [0.29, 0.717) is 30.1 Å². The fraction of sp³-hybridized carbons (Fsp3) is 0.364. The summed E-state index contributed by atoms with van der Waals surface area (Å²) in [7, 11) is 3.56. The molecule has 1 saturated carbocycles. The van der Waals surface area contributed by atoms with E-state index < -0.39 is 11.9 Å². The van der Waals surface area contributed by atoms with Gasteiger partial charge in [0.2, 0.25) is 0 Å². The van der Waals surface area contributed by atoms with Crippen molar-refractivity contribution in [1.82, 2.24) is 24.6 Å². The van der Waals surface area contributed by atoms with E-state index in [1.807, 2.05) is 11.6 Å². The highest BCUT2D eigenvalue weighted by Crippen LogP contribution is 2.50. The van der Waals surface area contributed by atoms with Gasteiger partial charge in [-0.1, -0.05) is 11.6 Å². The molecule has 0 spiro atoms. The highest BCUT2D eigenvalue weighted by atomic mass is 35.5. The van der Waals surface area contributed by atoms with Gasteiger partial charge in [0, 0.05) is 25.5 Å². The zero-order chi connectivity index (χ0) is 23.3. The number of carbonyl (C=O) groups is 2. The van der Waals surface area contributed by atoms with Crippen LogP contribution in [0.25, 0.3) is 0 Å². The molecule has 1 aromatic carbocycles. The summed E-state index contributed by atoms with van der Waals surface area (Å²) in [6.07, 6.45) is 4.11. The second-order valence-corrected chi connectivity index (χ2v) is 8.77. The Kier molecular flexibility index (Phi) is 5.32. The maximum atomic E-state index is 13.5. The molecule has 1 fully saturated rings. The fourth-order valence-electron chi connectivity index (χ4n) is 4.65. The molecule has 0 saturated heterocycles. The van der Waals surface area contributed by atoms with Crippen LogP contribution in [-0.2, 0) is 13.5 Å². The van der Waals surface area contributed by atoms with Crippen LogP contribution in [0.5, 0.6) is 6.01 Å². The van der Waals surface area contributed by atoms with Crippen molar-refractivity contribution in [3.8, 4) is 6.01 Å². The SMILES string of the molecule is CN(C(=O)Oc1ncn[nH]1)C1CCc2c1c(C1CC1)n(C)c2C(=O)Nc1ccc(F)c(Cl)c1. The minimum absolute atomic E-state index is 0.0265. The summed E-state index contributed by atoms with van der Waals surface area (Å²) in [5.74, 6) is -0.491. The largest absolute Gasteiger partial charge is 0.417 e. The summed E-state index contributed by atoms with van der Waals surface area (Å²) >= 11 is 5.87. The van der Waals surface area contributed by atoms with Crippen molar-refractivity contribution < 1.29 is 18.7 Å². The van der Waals surface area contributed by atoms with Crippen molar-refractivity contribution >= 4 is 29.3 Å². The second kappa shape index (κ2) is 8.18. The molecule has 0 radical (unpaired) electrons. The van der Waals surface area contributed by atoms with E-state index in [1.54, 1.807) is 11.9 Å². The minimum atomic E-state index is -0.554. The minimum Gasteiger partial charge on any atom is -0.374 e. The second-order valence-electron chi connectivity index (χ2n) is 8.37. The third-order valence-corrected chi connectivity index (χ3v) is 6.56. The summed E-state index contributed by atoms with van der Waals surface area (Å²) < 4.78 is 20.7. The zero-order valence-corrected chi connectivity index (χ0v) is 18.8. The van der Waals surface area contributed by atoms with Crippen molar-refractivity contribution in [3.63, 3.8) is 0 Å². The highest BCUT2D eigenvalue weighted by molar-refractivity contribution is 6.31. The summed E-state index contributed by atoms with van der Waals surface area (Å²) in [6, 6.07) is 3.88. The number of rotatable bonds is 5. The van der Waals surface area contributed by atoms with Gasteiger partial charge in [-0.15, -0.1) is 0 Å². The van der Waals surface area contributed by atoms with Crippen LogP contribution in [0, 0.1) is 5.82 Å². The van der Waals surface area contributed by atoms with E-state index >= 15 is 0 Å². The first-order chi connectivity index (χ1) is 15.8. The van der Waals surface area contributed by atoms with Gasteiger partial charge in [0.25, 0.3) is 5.91 Å². The molecule has 2 heterocycles. The predicted octanol–water partition coefficient (Wildman–Crippen LogP) is 4.18. The van der Waals surface area contributed by atoms with Gasteiger partial charge in [-0.05, 0) is 60.9 Å². The molecule has 1 unspecified atom stereocenters. The quantitative estimate of drug-likeness (QED) is 0.579. The van der Waals surface area contributed by atoms with Gasteiger partial charge in [0.05, 0.1) is 11.1 Å². The number of anilines is 1. The van der Waals surface area contributed by atoms with Crippen LogP contribution in [0.3, 0.4) is 0 Å². The third-order valence-electron chi connectivity index (χ3n) is 6.27. The standard InChI is InChI=1S/C22H22ClFN6O3/c1-29(22(32)33-21-25-10-26-28-21)16-8-6-13-17(16)18(11-3-4-11)30(2)19(13)20(31)27-12-5-7-15(24)14(23)9-12/h5,7,9-11,16H,3-4,6,8H2,1-2H3,(H,27,31)(H,25,26,28). The molecule has 0 bridgehead atoms. The Labute approximate surface area is 193 Å². The number of aromatic nitrogens is 4. The molecule has 172 valence electrons. The maximum Gasteiger partial charge on any atom is 0.417 e. The molecule has 11 heteroatoms. The molecular formula is C22H22ClFN6O3. The van der Waals surface area contributed by atoms with Crippen molar-refractivity contribution in [2.45, 2.75) is 37.6 Å². The van der Waals surface area contributed by atoms with Gasteiger partial charge in [-0.25, -0.2) is 14.3 Å². The smallest absolute Gasteiger partial charge is 0.374 e. The molecule has 33 heavy (non-hydrogen) atoms. The molecule has 5 rings (SSSR count). The van der Waals surface area contributed by atoms with E-state index in [9.17, 15) is 14.0 Å². The number of ether oxygens (including phenoxy) is 1. The van der Waals surface area contributed by atoms with Gasteiger partial charge in [-0.2, -0.15) is 10.1 Å². The summed E-state index contributed by atoms with van der Waals surface area (Å²) in [6.45, 7) is 0. The van der Waals surface area contributed by atoms with Gasteiger partial charge in [0.15, 0.2) is 0 Å². The van der Waals surface area contributed by atoms with E-state index in [0.717, 1.165) is 29.7 Å². The van der Waals surface area contributed by atoms with Gasteiger partial charge in [0.1, 0.15) is 17.8 Å². The van der Waals surface area contributed by atoms with Crippen LogP contribution < -0.4 is 10.1 Å². The average Bonchev–Trinajstić information content (AvgIpc) is 3.18. The van der Waals surface area contributed by atoms with Gasteiger partial charge >= 0.3 is 12.1 Å². The van der Waals surface area contributed by atoms with Gasteiger partial charge < -0.3 is 19.5 Å². The topological polar surface area (TPSA) is 105 Å². The molecule has 1 atom stereocenters. The Hall–Kier alpha value is -3.40. The van der Waals surface area contributed by atoms with Crippen molar-refractivity contribution in [2.24, 2.45) is 7.05 Å². The summed E-state index contributed by atoms with van der Waals surface area (Å²) in [4.78, 5) is 31.4. The van der Waals surface area contributed by atoms with E-state index in [1.165, 1.54) is 24.5 Å². The Balaban J connectivity index is 1.46. The van der Waals surface area contributed by atoms with Crippen molar-refractivity contribution in [2.75, 3.05) is 12.4 Å². The van der Waals surface area contributed by atoms with Crippen LogP contribution in [-0.4, -0.2) is 43.7 Å². The molecular weight excluding hydrogens is 451 g/mol. The highest BCUT2D eigenvalue weighted by Gasteiger charge is 2.42. The van der Waals surface area contributed by atoms with E-state index in [2.05, 4.69) is 20.5 Å². The molecule has 2 aliphatic rings. The molecule has 9 nitrogen and oxygen atoms in total. The fourth-order valence-corrected chi connectivity index (χ4v) is 4.83. The number of nitrogens with one attached hydrogen (secondary N) is 2. The number of amides is 2. The lowest BCUT2D eigenvalue weighted by molar-refractivity contribution is 0.101. The lowest BCUT2D eigenvalue weighted by atomic mass is 10.0. The van der Waals surface area contributed by atoms with Crippen LogP contribution in [0.4, 0.5) is 14.9 Å². The third kappa shape index (κ3) is 3.84. The number of halogens is 2. The Morgan fingerprint density at radius 3 is 2.79 bits per heavy atom. The Bertz CT molecular complexity index is 1240. The predicted molar refractivity (Wildman–Crippen MR) is 118 cm³/mol. The van der Waals surface area contributed by atoms with E-state index in [-0.39, 0.29) is 23.0 Å². The van der Waals surface area contributed by atoms with Crippen molar-refractivity contribution in [3.05, 3.63) is 57.9 Å². The summed E-state index contributed by atoms with van der Waals surface area (Å²) in [5.41, 5.74) is 3.98. The maximum absolute atomic E-state index is 13.5. The molecule has 2 amide bonds. The number of aromatic amines is 1. The van der Waals surface area contributed by atoms with Crippen LogP contribution in [0.1, 0.15) is 58.5 Å². The van der Waals surface area contributed by atoms with Crippen LogP contribution in [0.2, 0.25) is 5.02 Å². The molecule has 2 aliphatic carbocycles. The van der Waals surface area contributed by atoms with Crippen LogP contribution >= 0.6 is 11.6 Å². The number of H-pyrrole nitrogens is 1. The summed E-state index contributed by atoms with van der Waals surface area (Å²) in [5, 5.41) is 8.96. The average molecular weight is 473 g/mol. The number of hydrogen-bond donors (Lipinski definition) is 2. The monoisotopic (exact) mass is 472 g/mol. The van der Waals surface area contributed by atoms with Crippen molar-refractivity contribution in [1.29, 1.82) is 0 Å². The normalized spacial score (nSPS) is 17.0. The number of benzene rings is 1. The first-order valence-electron chi connectivity index (χ1n) is 10.6. The Morgan fingerprint density at radius 1 is 1.33 bits per heavy atom. The number of nitrogens with zero attached hydrogens (tertiary/aromatic N) is 4. The number of fused-ring (bicyclic) bond motifs is 1. The zero-order valence-electron chi connectivity index (χ0n) is 18.1. The molecule has 0 aliphatic heterocycles. The Morgan fingerprint density at radius 2 is 2.12 bits per heavy atom. The lowest BCUT2D eigenvalue weighted by Crippen LogP contribution is -2.33. The lowest BCUT2D eigenvalue weighted by Gasteiger charge is -2.25. The number of hydrogen-bond acceptors (Lipinski definition) is 5. The molecule has 2 aromatic heterocycles. The molecule has 2 N–H and O–H groups in total. The first kappa shape index (κ1) is 21.4. The van der Waals surface area contributed by atoms with E-state index in [4.69, 9.17) is 16.3 Å². The first-order valence-corrected chi connectivity index (χ1v) is 11.0. The van der Waals surface area contributed by atoms with Gasteiger partial charge in [-0.3, -0.25) is 4.79 Å². The number of carbonyl (C=O) groups excluding carboxylic acids is 2. The molecule has 3 aromatic rings.